The first-order valence-electron chi connectivity index (χ1n) is 13.7. The van der Waals surface area contributed by atoms with Crippen LogP contribution >= 0.6 is 11.6 Å². The second kappa shape index (κ2) is 15.0. The van der Waals surface area contributed by atoms with Gasteiger partial charge in [0.1, 0.15) is 18.1 Å². The SMILES string of the molecule is CCOc1ccc(COC(=O)N/C(=N/C(=O)C2=C(C)CN=C2c2ccc(OC)cc2)NCc2cc(Cl)cc(CN)c2)cc1. The summed E-state index contributed by atoms with van der Waals surface area (Å²) in [7, 11) is 1.58. The molecule has 43 heavy (non-hydrogen) atoms. The van der Waals surface area contributed by atoms with Crippen LogP contribution in [-0.4, -0.2) is 43.9 Å². The Morgan fingerprint density at radius 2 is 1.70 bits per heavy atom. The third kappa shape index (κ3) is 8.67. The van der Waals surface area contributed by atoms with Crippen molar-refractivity contribution in [3.8, 4) is 11.5 Å². The van der Waals surface area contributed by atoms with Crippen LogP contribution in [-0.2, 0) is 29.2 Å². The summed E-state index contributed by atoms with van der Waals surface area (Å²) in [6, 6.07) is 19.9. The second-order valence-electron chi connectivity index (χ2n) is 9.62. The van der Waals surface area contributed by atoms with E-state index in [1.165, 1.54) is 0 Å². The van der Waals surface area contributed by atoms with Crippen molar-refractivity contribution in [1.82, 2.24) is 10.6 Å². The number of halogens is 1. The number of nitrogens with two attached hydrogens (primary N) is 1. The van der Waals surface area contributed by atoms with Gasteiger partial charge in [0.05, 0.1) is 31.5 Å². The highest BCUT2D eigenvalue weighted by molar-refractivity contribution is 6.31. The van der Waals surface area contributed by atoms with Crippen molar-refractivity contribution in [2.75, 3.05) is 20.3 Å². The van der Waals surface area contributed by atoms with Gasteiger partial charge >= 0.3 is 6.09 Å². The molecule has 0 saturated heterocycles. The topological polar surface area (TPSA) is 137 Å². The van der Waals surface area contributed by atoms with Crippen LogP contribution in [0, 0.1) is 0 Å². The minimum Gasteiger partial charge on any atom is -0.497 e. The Kier molecular flexibility index (Phi) is 10.9. The molecule has 0 unspecified atom stereocenters. The highest BCUT2D eigenvalue weighted by Crippen LogP contribution is 2.23. The zero-order chi connectivity index (χ0) is 30.8. The maximum absolute atomic E-state index is 13.6. The minimum absolute atomic E-state index is 0.00611. The van der Waals surface area contributed by atoms with Gasteiger partial charge in [-0.3, -0.25) is 15.1 Å². The van der Waals surface area contributed by atoms with Gasteiger partial charge in [0.25, 0.3) is 5.91 Å². The molecule has 0 saturated carbocycles. The quantitative estimate of drug-likeness (QED) is 0.221. The average molecular weight is 604 g/mol. The number of hydrogen-bond acceptors (Lipinski definition) is 7. The Morgan fingerprint density at radius 1 is 1.00 bits per heavy atom. The van der Waals surface area contributed by atoms with Crippen LogP contribution in [0.5, 0.6) is 11.5 Å². The van der Waals surface area contributed by atoms with Gasteiger partial charge in [0, 0.05) is 23.7 Å². The number of nitrogens with one attached hydrogen (secondary N) is 2. The first-order chi connectivity index (χ1) is 20.8. The van der Waals surface area contributed by atoms with Gasteiger partial charge < -0.3 is 25.3 Å². The molecule has 0 bridgehead atoms. The van der Waals surface area contributed by atoms with Crippen molar-refractivity contribution in [2.45, 2.75) is 33.5 Å². The van der Waals surface area contributed by atoms with E-state index in [0.29, 0.717) is 41.8 Å². The lowest BCUT2D eigenvalue weighted by atomic mass is 10.00. The molecule has 10 nitrogen and oxygen atoms in total. The van der Waals surface area contributed by atoms with Gasteiger partial charge in [0.15, 0.2) is 0 Å². The average Bonchev–Trinajstić information content (AvgIpc) is 3.40. The highest BCUT2D eigenvalue weighted by atomic mass is 35.5. The predicted molar refractivity (Wildman–Crippen MR) is 167 cm³/mol. The Bertz CT molecular complexity index is 1550. The summed E-state index contributed by atoms with van der Waals surface area (Å²) in [5.41, 5.74) is 10.6. The zero-order valence-corrected chi connectivity index (χ0v) is 25.0. The predicted octanol–water partition coefficient (Wildman–Crippen LogP) is 4.92. The van der Waals surface area contributed by atoms with Crippen LogP contribution in [0.2, 0.25) is 5.02 Å². The molecular formula is C32H34ClN5O5. The summed E-state index contributed by atoms with van der Waals surface area (Å²) >= 11 is 6.24. The van der Waals surface area contributed by atoms with Crippen molar-refractivity contribution in [2.24, 2.45) is 15.7 Å². The molecule has 0 aromatic heterocycles. The van der Waals surface area contributed by atoms with Gasteiger partial charge in [-0.15, -0.1) is 0 Å². The number of nitrogens with zero attached hydrogens (tertiary/aromatic N) is 2. The van der Waals surface area contributed by atoms with E-state index in [-0.39, 0.29) is 19.1 Å². The Labute approximate surface area is 255 Å². The molecule has 0 radical (unpaired) electrons. The van der Waals surface area contributed by atoms with E-state index in [0.717, 1.165) is 33.6 Å². The number of carbonyl (C=O) groups is 2. The standard InChI is InChI=1S/C32H34ClN5O5/c1-4-42-27-9-5-21(6-10-27)19-43-32(40)38-31(36-18-23-13-22(16-34)14-25(33)15-23)37-30(39)28-20(2)17-35-29(28)24-7-11-26(41-3)12-8-24/h5-15H,4,16-19,34H2,1-3H3,(H2,36,37,38,39,40). The summed E-state index contributed by atoms with van der Waals surface area (Å²) < 4.78 is 16.1. The lowest BCUT2D eigenvalue weighted by Gasteiger charge is -2.14. The lowest BCUT2D eigenvalue weighted by Crippen LogP contribution is -2.41. The van der Waals surface area contributed by atoms with Crippen molar-refractivity contribution < 1.29 is 23.8 Å². The molecule has 0 fully saturated rings. The van der Waals surface area contributed by atoms with Gasteiger partial charge in [-0.25, -0.2) is 4.79 Å². The van der Waals surface area contributed by atoms with E-state index in [9.17, 15) is 9.59 Å². The molecule has 224 valence electrons. The number of aliphatic imine (C=N–C) groups is 2. The number of hydrogen-bond donors (Lipinski definition) is 3. The fourth-order valence-corrected chi connectivity index (χ4v) is 4.63. The van der Waals surface area contributed by atoms with Crippen molar-refractivity contribution >= 4 is 35.3 Å². The number of methoxy groups -OCH3 is 1. The number of amides is 2. The van der Waals surface area contributed by atoms with Crippen LogP contribution in [0.25, 0.3) is 0 Å². The van der Waals surface area contributed by atoms with Gasteiger partial charge in [0.2, 0.25) is 5.96 Å². The van der Waals surface area contributed by atoms with E-state index in [2.05, 4.69) is 20.6 Å². The van der Waals surface area contributed by atoms with E-state index in [1.54, 1.807) is 55.6 Å². The van der Waals surface area contributed by atoms with Crippen LogP contribution in [0.3, 0.4) is 0 Å². The molecule has 1 aliphatic rings. The molecule has 0 atom stereocenters. The van der Waals surface area contributed by atoms with E-state index in [4.69, 9.17) is 31.5 Å². The summed E-state index contributed by atoms with van der Waals surface area (Å²) in [5.74, 6) is 0.762. The summed E-state index contributed by atoms with van der Waals surface area (Å²) in [6.45, 7) is 5.17. The first kappa shape index (κ1) is 31.3. The second-order valence-corrected chi connectivity index (χ2v) is 10.1. The molecule has 11 heteroatoms. The molecule has 2 amide bonds. The Balaban J connectivity index is 1.53. The van der Waals surface area contributed by atoms with Crippen LogP contribution in [0.4, 0.5) is 4.79 Å². The molecule has 0 aliphatic carbocycles. The normalized spacial score (nSPS) is 13.0. The number of alkyl carbamates (subject to hydrolysis) is 1. The van der Waals surface area contributed by atoms with Crippen molar-refractivity contribution in [3.63, 3.8) is 0 Å². The van der Waals surface area contributed by atoms with Gasteiger partial charge in [-0.05, 0) is 84.6 Å². The smallest absolute Gasteiger partial charge is 0.414 e. The summed E-state index contributed by atoms with van der Waals surface area (Å²) in [5, 5.41) is 6.11. The molecule has 4 rings (SSSR count). The number of guanidine groups is 1. The highest BCUT2D eigenvalue weighted by Gasteiger charge is 2.25. The van der Waals surface area contributed by atoms with Crippen molar-refractivity contribution in [1.29, 1.82) is 0 Å². The number of benzene rings is 3. The zero-order valence-electron chi connectivity index (χ0n) is 24.3. The molecule has 4 N–H and O–H groups in total. The van der Waals surface area contributed by atoms with E-state index in [1.807, 2.05) is 32.0 Å². The number of carbonyl (C=O) groups excluding carboxylic acids is 2. The van der Waals surface area contributed by atoms with Gasteiger partial charge in [-0.1, -0.05) is 29.8 Å². The minimum atomic E-state index is -0.789. The summed E-state index contributed by atoms with van der Waals surface area (Å²) in [6.07, 6.45) is -0.789. The molecular weight excluding hydrogens is 570 g/mol. The van der Waals surface area contributed by atoms with Crippen LogP contribution in [0.1, 0.15) is 36.1 Å². The Morgan fingerprint density at radius 3 is 2.37 bits per heavy atom. The fourth-order valence-electron chi connectivity index (χ4n) is 4.35. The van der Waals surface area contributed by atoms with E-state index < -0.39 is 12.0 Å². The molecule has 1 heterocycles. The molecule has 3 aromatic rings. The fraction of sp³-hybridized carbons (Fsp3) is 0.250. The monoisotopic (exact) mass is 603 g/mol. The third-order valence-electron chi connectivity index (χ3n) is 6.47. The van der Waals surface area contributed by atoms with Crippen molar-refractivity contribution in [3.05, 3.63) is 105 Å². The van der Waals surface area contributed by atoms with Crippen LogP contribution < -0.4 is 25.8 Å². The summed E-state index contributed by atoms with van der Waals surface area (Å²) in [4.78, 5) is 35.2. The molecule has 1 aliphatic heterocycles. The number of ether oxygens (including phenoxy) is 3. The Hall–Kier alpha value is -4.67. The molecule has 0 spiro atoms. The largest absolute Gasteiger partial charge is 0.497 e. The number of rotatable bonds is 10. The third-order valence-corrected chi connectivity index (χ3v) is 6.68. The first-order valence-corrected chi connectivity index (χ1v) is 14.1. The molecule has 3 aromatic carbocycles. The maximum atomic E-state index is 13.6. The lowest BCUT2D eigenvalue weighted by molar-refractivity contribution is -0.113. The maximum Gasteiger partial charge on any atom is 0.414 e. The van der Waals surface area contributed by atoms with Gasteiger partial charge in [-0.2, -0.15) is 4.99 Å². The van der Waals surface area contributed by atoms with E-state index >= 15 is 0 Å². The van der Waals surface area contributed by atoms with Crippen LogP contribution in [0.15, 0.2) is 87.9 Å².